The zero-order chi connectivity index (χ0) is 21.1. The average Bonchev–Trinajstić information content (AvgIpc) is 3.37. The Morgan fingerprint density at radius 3 is 2.73 bits per heavy atom. The molecule has 1 unspecified atom stereocenters. The number of nitrogens with two attached hydrogens (primary N) is 1. The van der Waals surface area contributed by atoms with E-state index < -0.39 is 5.91 Å². The molecule has 30 heavy (non-hydrogen) atoms. The number of hydrogen-bond donors (Lipinski definition) is 3. The van der Waals surface area contributed by atoms with Crippen molar-refractivity contribution in [3.63, 3.8) is 0 Å². The van der Waals surface area contributed by atoms with E-state index in [2.05, 4.69) is 15.6 Å². The number of fused-ring (bicyclic) bond motifs is 1. The molecule has 2 aliphatic rings. The lowest BCUT2D eigenvalue weighted by Gasteiger charge is -2.25. The Morgan fingerprint density at radius 1 is 1.23 bits per heavy atom. The minimum Gasteiger partial charge on any atom is -0.368 e. The lowest BCUT2D eigenvalue weighted by molar-refractivity contribution is -0.124. The summed E-state index contributed by atoms with van der Waals surface area (Å²) in [6.45, 7) is 2.19. The Labute approximate surface area is 177 Å². The molecule has 1 aromatic heterocycles. The molecule has 1 saturated heterocycles. The van der Waals surface area contributed by atoms with Crippen LogP contribution in [0.2, 0.25) is 0 Å². The van der Waals surface area contributed by atoms with Crippen molar-refractivity contribution in [2.24, 2.45) is 5.73 Å². The molecule has 2 aliphatic heterocycles. The predicted molar refractivity (Wildman–Crippen MR) is 112 cm³/mol. The van der Waals surface area contributed by atoms with Gasteiger partial charge in [0.15, 0.2) is 5.13 Å². The lowest BCUT2D eigenvalue weighted by Crippen LogP contribution is -2.36. The summed E-state index contributed by atoms with van der Waals surface area (Å²) in [5.41, 5.74) is 7.20. The van der Waals surface area contributed by atoms with Crippen LogP contribution in [0.1, 0.15) is 33.8 Å². The summed E-state index contributed by atoms with van der Waals surface area (Å²) in [6, 6.07) is 6.46. The van der Waals surface area contributed by atoms with Crippen LogP contribution in [0.4, 0.5) is 10.8 Å². The molecule has 1 atom stereocenters. The normalized spacial score (nSPS) is 18.6. The molecule has 4 rings (SSSR count). The van der Waals surface area contributed by atoms with Crippen molar-refractivity contribution in [1.29, 1.82) is 0 Å². The van der Waals surface area contributed by atoms with Gasteiger partial charge in [-0.2, -0.15) is 0 Å². The van der Waals surface area contributed by atoms with Gasteiger partial charge in [-0.1, -0.05) is 0 Å². The number of thiazole rings is 1. The van der Waals surface area contributed by atoms with Crippen molar-refractivity contribution in [3.8, 4) is 0 Å². The van der Waals surface area contributed by atoms with Crippen LogP contribution in [-0.2, 0) is 27.3 Å². The first-order valence-corrected chi connectivity index (χ1v) is 10.6. The first-order chi connectivity index (χ1) is 14.5. The summed E-state index contributed by atoms with van der Waals surface area (Å²) in [5, 5.41) is 6.27. The first kappa shape index (κ1) is 20.5. The second kappa shape index (κ2) is 8.90. The number of carbonyl (C=O) groups excluding carboxylic acids is 3. The van der Waals surface area contributed by atoms with Crippen LogP contribution in [0.3, 0.4) is 0 Å². The van der Waals surface area contributed by atoms with Crippen LogP contribution in [-0.4, -0.2) is 53.4 Å². The molecule has 1 aromatic carbocycles. The Balaban J connectivity index is 1.30. The fraction of sp³-hybridized carbons (Fsp3) is 0.400. The number of hydrogen-bond acceptors (Lipinski definition) is 7. The molecular weight excluding hydrogens is 406 g/mol. The predicted octanol–water partition coefficient (Wildman–Crippen LogP) is 1.36. The number of rotatable bonds is 6. The van der Waals surface area contributed by atoms with E-state index in [9.17, 15) is 14.4 Å². The van der Waals surface area contributed by atoms with E-state index in [1.807, 2.05) is 4.90 Å². The maximum atomic E-state index is 12.4. The molecule has 1 fully saturated rings. The number of primary amides is 1. The number of carbonyl (C=O) groups is 3. The third kappa shape index (κ3) is 4.84. The number of aromatic nitrogens is 1. The Bertz CT molecular complexity index is 953. The summed E-state index contributed by atoms with van der Waals surface area (Å²) in [7, 11) is 0. The lowest BCUT2D eigenvalue weighted by atomic mass is 10.2. The zero-order valence-electron chi connectivity index (χ0n) is 16.3. The van der Waals surface area contributed by atoms with Gasteiger partial charge in [0.2, 0.25) is 11.8 Å². The SMILES string of the molecule is NC(=O)c1ccc(NC(=O)CN2CCc3nc(NC(=O)C4CCCO4)sc3C2)cc1. The van der Waals surface area contributed by atoms with Crippen LogP contribution >= 0.6 is 11.3 Å². The molecule has 3 heterocycles. The summed E-state index contributed by atoms with van der Waals surface area (Å²) in [6.07, 6.45) is 1.98. The maximum Gasteiger partial charge on any atom is 0.255 e. The van der Waals surface area contributed by atoms with Gasteiger partial charge in [-0.3, -0.25) is 24.6 Å². The Kier molecular flexibility index (Phi) is 6.07. The number of anilines is 2. The molecule has 2 aromatic rings. The Morgan fingerprint density at radius 2 is 2.03 bits per heavy atom. The van der Waals surface area contributed by atoms with Crippen molar-refractivity contribution in [1.82, 2.24) is 9.88 Å². The van der Waals surface area contributed by atoms with Crippen LogP contribution in [0.25, 0.3) is 0 Å². The molecule has 10 heteroatoms. The second-order valence-electron chi connectivity index (χ2n) is 7.33. The number of nitrogens with zero attached hydrogens (tertiary/aromatic N) is 2. The van der Waals surface area contributed by atoms with Crippen LogP contribution in [0, 0.1) is 0 Å². The van der Waals surface area contributed by atoms with Gasteiger partial charge < -0.3 is 15.8 Å². The fourth-order valence-electron chi connectivity index (χ4n) is 3.53. The molecule has 0 aliphatic carbocycles. The summed E-state index contributed by atoms with van der Waals surface area (Å²) >= 11 is 1.45. The summed E-state index contributed by atoms with van der Waals surface area (Å²) in [5.74, 6) is -0.785. The largest absolute Gasteiger partial charge is 0.368 e. The molecule has 3 amide bonds. The van der Waals surface area contributed by atoms with E-state index in [4.69, 9.17) is 10.5 Å². The van der Waals surface area contributed by atoms with Crippen molar-refractivity contribution in [2.45, 2.75) is 31.9 Å². The van der Waals surface area contributed by atoms with Crippen LogP contribution in [0.5, 0.6) is 0 Å². The summed E-state index contributed by atoms with van der Waals surface area (Å²) in [4.78, 5) is 43.3. The smallest absolute Gasteiger partial charge is 0.255 e. The van der Waals surface area contributed by atoms with Gasteiger partial charge in [-0.15, -0.1) is 11.3 Å². The van der Waals surface area contributed by atoms with Gasteiger partial charge >= 0.3 is 0 Å². The third-order valence-corrected chi connectivity index (χ3v) is 6.08. The van der Waals surface area contributed by atoms with Gasteiger partial charge in [-0.25, -0.2) is 4.98 Å². The highest BCUT2D eigenvalue weighted by Gasteiger charge is 2.26. The van der Waals surface area contributed by atoms with Gasteiger partial charge in [0.1, 0.15) is 6.10 Å². The average molecular weight is 430 g/mol. The maximum absolute atomic E-state index is 12.4. The minimum atomic E-state index is -0.507. The molecule has 0 radical (unpaired) electrons. The third-order valence-electron chi connectivity index (χ3n) is 5.08. The molecule has 9 nitrogen and oxygen atoms in total. The topological polar surface area (TPSA) is 127 Å². The standard InChI is InChI=1S/C20H23N5O4S/c21-18(27)12-3-5-13(6-4-12)22-17(26)11-25-8-7-14-16(10-25)30-20(23-14)24-19(28)15-2-1-9-29-15/h3-6,15H,1-2,7-11H2,(H2,21,27)(H,22,26)(H,23,24,28). The molecule has 0 saturated carbocycles. The highest BCUT2D eigenvalue weighted by atomic mass is 32.1. The van der Waals surface area contributed by atoms with Gasteiger partial charge in [0.25, 0.3) is 5.91 Å². The van der Waals surface area contributed by atoms with Crippen molar-refractivity contribution in [2.75, 3.05) is 30.3 Å². The number of benzene rings is 1. The van der Waals surface area contributed by atoms with Crippen molar-refractivity contribution in [3.05, 3.63) is 40.4 Å². The van der Waals surface area contributed by atoms with Crippen LogP contribution < -0.4 is 16.4 Å². The number of ether oxygens (including phenoxy) is 1. The number of amides is 3. The van der Waals surface area contributed by atoms with Gasteiger partial charge in [0.05, 0.1) is 12.2 Å². The molecule has 0 spiro atoms. The second-order valence-corrected chi connectivity index (χ2v) is 8.41. The van der Waals surface area contributed by atoms with E-state index in [1.165, 1.54) is 11.3 Å². The van der Waals surface area contributed by atoms with Crippen molar-refractivity contribution < 1.29 is 19.1 Å². The Hall–Kier alpha value is -2.82. The van der Waals surface area contributed by atoms with E-state index in [0.717, 1.165) is 29.8 Å². The highest BCUT2D eigenvalue weighted by molar-refractivity contribution is 7.15. The van der Waals surface area contributed by atoms with Gasteiger partial charge in [-0.05, 0) is 37.1 Å². The van der Waals surface area contributed by atoms with E-state index in [0.29, 0.717) is 36.1 Å². The summed E-state index contributed by atoms with van der Waals surface area (Å²) < 4.78 is 5.41. The van der Waals surface area contributed by atoms with E-state index in [-0.39, 0.29) is 24.5 Å². The highest BCUT2D eigenvalue weighted by Crippen LogP contribution is 2.29. The van der Waals surface area contributed by atoms with Crippen LogP contribution in [0.15, 0.2) is 24.3 Å². The zero-order valence-corrected chi connectivity index (χ0v) is 17.2. The molecule has 158 valence electrons. The quantitative estimate of drug-likeness (QED) is 0.636. The fourth-order valence-corrected chi connectivity index (χ4v) is 4.58. The monoisotopic (exact) mass is 429 g/mol. The van der Waals surface area contributed by atoms with Crippen molar-refractivity contribution >= 4 is 39.9 Å². The molecular formula is C20H23N5O4S. The molecule has 0 bridgehead atoms. The van der Waals surface area contributed by atoms with Gasteiger partial charge in [0, 0.05) is 42.2 Å². The van der Waals surface area contributed by atoms with E-state index >= 15 is 0 Å². The first-order valence-electron chi connectivity index (χ1n) is 9.81. The molecule has 4 N–H and O–H groups in total. The van der Waals surface area contributed by atoms with E-state index in [1.54, 1.807) is 24.3 Å². The number of nitrogens with one attached hydrogen (secondary N) is 2. The minimum absolute atomic E-state index is 0.137.